The summed E-state index contributed by atoms with van der Waals surface area (Å²) in [4.78, 5) is 1.62. The zero-order valence-corrected chi connectivity index (χ0v) is 14.4. The average molecular weight is 294 g/mol. The monoisotopic (exact) mass is 293 g/mol. The van der Waals surface area contributed by atoms with Crippen LogP contribution in [0.25, 0.3) is 0 Å². The number of hydrogen-bond acceptors (Lipinski definition) is 2. The summed E-state index contributed by atoms with van der Waals surface area (Å²) in [5.74, 6) is 2.56. The summed E-state index contributed by atoms with van der Waals surface area (Å²) in [6.45, 7) is 10.3. The quantitative estimate of drug-likeness (QED) is 0.762. The van der Waals surface area contributed by atoms with Crippen molar-refractivity contribution >= 4 is 11.3 Å². The van der Waals surface area contributed by atoms with E-state index in [0.717, 1.165) is 17.8 Å². The van der Waals surface area contributed by atoms with Gasteiger partial charge in [0.1, 0.15) is 0 Å². The first kappa shape index (κ1) is 16.0. The van der Waals surface area contributed by atoms with Crippen LogP contribution in [0.1, 0.15) is 70.6 Å². The van der Waals surface area contributed by atoms with Crippen molar-refractivity contribution in [2.24, 2.45) is 11.8 Å². The fourth-order valence-corrected chi connectivity index (χ4v) is 4.46. The molecular formula is C18H31NS. The van der Waals surface area contributed by atoms with Crippen LogP contribution in [0.15, 0.2) is 17.5 Å². The second-order valence-corrected chi connectivity index (χ2v) is 8.46. The van der Waals surface area contributed by atoms with Gasteiger partial charge in [-0.25, -0.2) is 0 Å². The van der Waals surface area contributed by atoms with Crippen molar-refractivity contribution in [2.75, 3.05) is 6.54 Å². The molecule has 0 bridgehead atoms. The molecule has 2 heteroatoms. The molecule has 3 unspecified atom stereocenters. The van der Waals surface area contributed by atoms with Crippen molar-refractivity contribution in [3.8, 4) is 0 Å². The third-order valence-corrected chi connectivity index (χ3v) is 5.61. The Balaban J connectivity index is 2.02. The van der Waals surface area contributed by atoms with E-state index >= 15 is 0 Å². The van der Waals surface area contributed by atoms with Crippen LogP contribution >= 0.6 is 11.3 Å². The van der Waals surface area contributed by atoms with Gasteiger partial charge < -0.3 is 5.32 Å². The van der Waals surface area contributed by atoms with E-state index in [1.165, 1.54) is 38.6 Å². The summed E-state index contributed by atoms with van der Waals surface area (Å²) < 4.78 is 0. The Hall–Kier alpha value is -0.340. The fraction of sp³-hybridized carbons (Fsp3) is 0.778. The normalized spacial score (nSPS) is 27.7. The lowest BCUT2D eigenvalue weighted by atomic mass is 9.72. The molecule has 1 aromatic rings. The predicted molar refractivity (Wildman–Crippen MR) is 90.6 cm³/mol. The van der Waals surface area contributed by atoms with Gasteiger partial charge in [-0.05, 0) is 69.4 Å². The van der Waals surface area contributed by atoms with Gasteiger partial charge in [-0.3, -0.25) is 0 Å². The molecule has 1 aliphatic rings. The van der Waals surface area contributed by atoms with E-state index in [9.17, 15) is 0 Å². The highest BCUT2D eigenvalue weighted by Crippen LogP contribution is 2.43. The molecule has 1 fully saturated rings. The van der Waals surface area contributed by atoms with Gasteiger partial charge in [0.2, 0.25) is 0 Å². The van der Waals surface area contributed by atoms with E-state index in [2.05, 4.69) is 50.5 Å². The van der Waals surface area contributed by atoms with E-state index in [4.69, 9.17) is 0 Å². The largest absolute Gasteiger partial charge is 0.312 e. The van der Waals surface area contributed by atoms with Crippen LogP contribution in [0, 0.1) is 11.8 Å². The molecule has 1 aliphatic carbocycles. The van der Waals surface area contributed by atoms with Crippen molar-refractivity contribution < 1.29 is 0 Å². The van der Waals surface area contributed by atoms with E-state index in [-0.39, 0.29) is 5.54 Å². The second-order valence-electron chi connectivity index (χ2n) is 7.48. The van der Waals surface area contributed by atoms with Crippen molar-refractivity contribution in [3.05, 3.63) is 22.4 Å². The van der Waals surface area contributed by atoms with Crippen LogP contribution < -0.4 is 5.32 Å². The number of nitrogens with one attached hydrogen (secondary N) is 1. The highest BCUT2D eigenvalue weighted by Gasteiger charge is 2.32. The molecule has 3 atom stereocenters. The Morgan fingerprint density at radius 2 is 2.10 bits per heavy atom. The van der Waals surface area contributed by atoms with Gasteiger partial charge in [-0.15, -0.1) is 11.3 Å². The Morgan fingerprint density at radius 3 is 2.70 bits per heavy atom. The van der Waals surface area contributed by atoms with Crippen molar-refractivity contribution in [1.29, 1.82) is 0 Å². The van der Waals surface area contributed by atoms with E-state index in [0.29, 0.717) is 0 Å². The van der Waals surface area contributed by atoms with Gasteiger partial charge in [0, 0.05) is 10.4 Å². The van der Waals surface area contributed by atoms with Gasteiger partial charge in [-0.1, -0.05) is 32.3 Å². The maximum atomic E-state index is 3.73. The summed E-state index contributed by atoms with van der Waals surface area (Å²) in [6, 6.07) is 4.57. The van der Waals surface area contributed by atoms with E-state index < -0.39 is 0 Å². The smallest absolute Gasteiger partial charge is 0.00966 e. The molecule has 0 amide bonds. The molecule has 0 aliphatic heterocycles. The maximum Gasteiger partial charge on any atom is 0.00966 e. The standard InChI is InChI=1S/C18H31NS/c1-5-7-14-9-10-15(13-19-18(2,3)4)16(12-14)17-8-6-11-20-17/h6,8,11,14-16,19H,5,7,9-10,12-13H2,1-4H3. The SMILES string of the molecule is CCCC1CCC(CNC(C)(C)C)C(c2cccs2)C1. The summed E-state index contributed by atoms with van der Waals surface area (Å²) in [6.07, 6.45) is 7.00. The maximum absolute atomic E-state index is 3.73. The molecule has 0 radical (unpaired) electrons. The predicted octanol–water partition coefficient (Wildman–Crippen LogP) is 5.44. The first-order chi connectivity index (χ1) is 9.49. The minimum Gasteiger partial charge on any atom is -0.312 e. The lowest BCUT2D eigenvalue weighted by molar-refractivity contribution is 0.211. The zero-order chi connectivity index (χ0) is 14.6. The molecule has 1 saturated carbocycles. The lowest BCUT2D eigenvalue weighted by Crippen LogP contribution is -2.41. The van der Waals surface area contributed by atoms with Crippen LogP contribution in [0.2, 0.25) is 0 Å². The summed E-state index contributed by atoms with van der Waals surface area (Å²) in [5, 5.41) is 5.98. The van der Waals surface area contributed by atoms with Crippen molar-refractivity contribution in [3.63, 3.8) is 0 Å². The molecule has 0 saturated heterocycles. The summed E-state index contributed by atoms with van der Waals surface area (Å²) in [5.41, 5.74) is 0.236. The Labute approximate surface area is 129 Å². The lowest BCUT2D eigenvalue weighted by Gasteiger charge is -2.37. The first-order valence-corrected chi connectivity index (χ1v) is 9.16. The van der Waals surface area contributed by atoms with Crippen LogP contribution in [-0.2, 0) is 0 Å². The van der Waals surface area contributed by atoms with Crippen LogP contribution in [0.4, 0.5) is 0 Å². The fourth-order valence-electron chi connectivity index (χ4n) is 3.52. The number of hydrogen-bond donors (Lipinski definition) is 1. The molecule has 0 aromatic carbocycles. The highest BCUT2D eigenvalue weighted by molar-refractivity contribution is 7.10. The van der Waals surface area contributed by atoms with Crippen molar-refractivity contribution in [1.82, 2.24) is 5.32 Å². The molecule has 1 aromatic heterocycles. The van der Waals surface area contributed by atoms with Gasteiger partial charge in [0.05, 0.1) is 0 Å². The molecule has 114 valence electrons. The zero-order valence-electron chi connectivity index (χ0n) is 13.6. The van der Waals surface area contributed by atoms with Crippen LogP contribution in [0.5, 0.6) is 0 Å². The van der Waals surface area contributed by atoms with Crippen LogP contribution in [0.3, 0.4) is 0 Å². The minimum absolute atomic E-state index is 0.236. The summed E-state index contributed by atoms with van der Waals surface area (Å²) in [7, 11) is 0. The Bertz CT molecular complexity index is 377. The second kappa shape index (κ2) is 7.09. The Kier molecular flexibility index (Phi) is 5.68. The average Bonchev–Trinajstić information content (AvgIpc) is 2.90. The van der Waals surface area contributed by atoms with Gasteiger partial charge >= 0.3 is 0 Å². The van der Waals surface area contributed by atoms with E-state index in [1.54, 1.807) is 4.88 Å². The molecule has 1 N–H and O–H groups in total. The van der Waals surface area contributed by atoms with Crippen LogP contribution in [-0.4, -0.2) is 12.1 Å². The molecule has 2 rings (SSSR count). The highest BCUT2D eigenvalue weighted by atomic mass is 32.1. The van der Waals surface area contributed by atoms with Crippen molar-refractivity contribution in [2.45, 2.75) is 71.3 Å². The molecule has 0 spiro atoms. The van der Waals surface area contributed by atoms with Gasteiger partial charge in [-0.2, -0.15) is 0 Å². The van der Waals surface area contributed by atoms with E-state index in [1.807, 2.05) is 11.3 Å². The topological polar surface area (TPSA) is 12.0 Å². The molecular weight excluding hydrogens is 262 g/mol. The third-order valence-electron chi connectivity index (χ3n) is 4.60. The Morgan fingerprint density at radius 1 is 1.30 bits per heavy atom. The third kappa shape index (κ3) is 4.60. The first-order valence-electron chi connectivity index (χ1n) is 8.28. The van der Waals surface area contributed by atoms with Gasteiger partial charge in [0.15, 0.2) is 0 Å². The molecule has 1 heterocycles. The molecule has 1 nitrogen and oxygen atoms in total. The minimum atomic E-state index is 0.236. The molecule has 20 heavy (non-hydrogen) atoms. The number of thiophene rings is 1. The summed E-state index contributed by atoms with van der Waals surface area (Å²) >= 11 is 1.96. The number of rotatable bonds is 5. The van der Waals surface area contributed by atoms with Gasteiger partial charge in [0.25, 0.3) is 0 Å².